The third-order valence-electron chi connectivity index (χ3n) is 2.41. The van der Waals surface area contributed by atoms with Crippen molar-refractivity contribution in [2.24, 2.45) is 0 Å². The summed E-state index contributed by atoms with van der Waals surface area (Å²) in [6, 6.07) is 3.60. The predicted molar refractivity (Wildman–Crippen MR) is 68.3 cm³/mol. The number of nitrogens with two attached hydrogens (primary N) is 1. The van der Waals surface area contributed by atoms with Crippen LogP contribution in [0.5, 0.6) is 0 Å². The van der Waals surface area contributed by atoms with Crippen LogP contribution in [-0.4, -0.2) is 35.9 Å². The van der Waals surface area contributed by atoms with Gasteiger partial charge in [0.1, 0.15) is 0 Å². The molecule has 0 bridgehead atoms. The van der Waals surface area contributed by atoms with Crippen molar-refractivity contribution in [1.29, 1.82) is 0 Å². The molecule has 0 unspecified atom stereocenters. The van der Waals surface area contributed by atoms with E-state index in [9.17, 15) is 4.79 Å². The standard InChI is InChI=1S/C12H20N4O/c1-3-6-16(9-12(17)14-2)8-11-7-10(13)4-5-15-11/h4-5,7H,3,6,8-9H2,1-2H3,(H2,13,15)(H,14,17). The Bertz CT molecular complexity index is 367. The zero-order chi connectivity index (χ0) is 12.7. The fraction of sp³-hybridized carbons (Fsp3) is 0.500. The van der Waals surface area contributed by atoms with E-state index in [0.29, 0.717) is 18.8 Å². The van der Waals surface area contributed by atoms with Crippen molar-refractivity contribution in [2.45, 2.75) is 19.9 Å². The lowest BCUT2D eigenvalue weighted by molar-refractivity contribution is -0.121. The summed E-state index contributed by atoms with van der Waals surface area (Å²) in [5.41, 5.74) is 7.29. The summed E-state index contributed by atoms with van der Waals surface area (Å²) >= 11 is 0. The van der Waals surface area contributed by atoms with Gasteiger partial charge in [-0.2, -0.15) is 0 Å². The molecular formula is C12H20N4O. The van der Waals surface area contributed by atoms with Crippen molar-refractivity contribution in [1.82, 2.24) is 15.2 Å². The van der Waals surface area contributed by atoms with Gasteiger partial charge in [0.2, 0.25) is 5.91 Å². The van der Waals surface area contributed by atoms with Crippen LogP contribution in [0.15, 0.2) is 18.3 Å². The third kappa shape index (κ3) is 4.82. The van der Waals surface area contributed by atoms with E-state index in [1.165, 1.54) is 0 Å². The molecule has 0 aromatic carbocycles. The van der Waals surface area contributed by atoms with Crippen LogP contribution in [-0.2, 0) is 11.3 Å². The summed E-state index contributed by atoms with van der Waals surface area (Å²) in [4.78, 5) is 17.7. The van der Waals surface area contributed by atoms with Gasteiger partial charge >= 0.3 is 0 Å². The number of carbonyl (C=O) groups is 1. The first-order valence-electron chi connectivity index (χ1n) is 5.79. The van der Waals surface area contributed by atoms with Crippen molar-refractivity contribution in [3.63, 3.8) is 0 Å². The molecule has 0 saturated carbocycles. The SMILES string of the molecule is CCCN(CC(=O)NC)Cc1cc(N)ccn1. The number of hydrogen-bond acceptors (Lipinski definition) is 4. The van der Waals surface area contributed by atoms with Gasteiger partial charge in [-0.15, -0.1) is 0 Å². The lowest BCUT2D eigenvalue weighted by Gasteiger charge is -2.20. The number of carbonyl (C=O) groups excluding carboxylic acids is 1. The largest absolute Gasteiger partial charge is 0.399 e. The molecule has 94 valence electrons. The quantitative estimate of drug-likeness (QED) is 0.759. The molecule has 1 heterocycles. The Hall–Kier alpha value is -1.62. The first kappa shape index (κ1) is 13.4. The number of pyridine rings is 1. The number of nitrogens with one attached hydrogen (secondary N) is 1. The molecule has 0 spiro atoms. The van der Waals surface area contributed by atoms with Crippen molar-refractivity contribution >= 4 is 11.6 Å². The molecule has 5 heteroatoms. The highest BCUT2D eigenvalue weighted by molar-refractivity contribution is 5.77. The van der Waals surface area contributed by atoms with Gasteiger partial charge in [-0.1, -0.05) is 6.92 Å². The second-order valence-electron chi connectivity index (χ2n) is 3.96. The number of anilines is 1. The van der Waals surface area contributed by atoms with Crippen LogP contribution in [0, 0.1) is 0 Å². The number of amides is 1. The molecule has 0 aliphatic carbocycles. The van der Waals surface area contributed by atoms with Crippen LogP contribution in [0.1, 0.15) is 19.0 Å². The number of aromatic nitrogens is 1. The first-order chi connectivity index (χ1) is 8.15. The highest BCUT2D eigenvalue weighted by Crippen LogP contribution is 2.06. The lowest BCUT2D eigenvalue weighted by Crippen LogP contribution is -2.35. The summed E-state index contributed by atoms with van der Waals surface area (Å²) < 4.78 is 0. The maximum absolute atomic E-state index is 11.4. The van der Waals surface area contributed by atoms with Gasteiger partial charge in [0.15, 0.2) is 0 Å². The van der Waals surface area contributed by atoms with Gasteiger partial charge in [0.05, 0.1) is 12.2 Å². The minimum Gasteiger partial charge on any atom is -0.399 e. The summed E-state index contributed by atoms with van der Waals surface area (Å²) in [6.07, 6.45) is 2.69. The van der Waals surface area contributed by atoms with E-state index < -0.39 is 0 Å². The van der Waals surface area contributed by atoms with Gasteiger partial charge in [-0.25, -0.2) is 0 Å². The lowest BCUT2D eigenvalue weighted by atomic mass is 10.3. The van der Waals surface area contributed by atoms with Crippen LogP contribution in [0.3, 0.4) is 0 Å². The van der Waals surface area contributed by atoms with Crippen LogP contribution < -0.4 is 11.1 Å². The molecule has 17 heavy (non-hydrogen) atoms. The van der Waals surface area contributed by atoms with Crippen molar-refractivity contribution < 1.29 is 4.79 Å². The fourth-order valence-corrected chi connectivity index (χ4v) is 1.62. The van der Waals surface area contributed by atoms with Gasteiger partial charge in [0, 0.05) is 25.5 Å². The van der Waals surface area contributed by atoms with E-state index in [1.807, 2.05) is 6.07 Å². The summed E-state index contributed by atoms with van der Waals surface area (Å²) in [7, 11) is 1.64. The Balaban J connectivity index is 2.62. The fourth-order valence-electron chi connectivity index (χ4n) is 1.62. The minimum atomic E-state index is 0.0161. The second kappa shape index (κ2) is 6.85. The Morgan fingerprint density at radius 1 is 1.59 bits per heavy atom. The molecule has 5 nitrogen and oxygen atoms in total. The normalized spacial score (nSPS) is 10.5. The van der Waals surface area contributed by atoms with E-state index in [0.717, 1.165) is 18.7 Å². The van der Waals surface area contributed by atoms with Gasteiger partial charge in [-0.05, 0) is 25.1 Å². The molecule has 0 radical (unpaired) electrons. The Morgan fingerprint density at radius 2 is 2.35 bits per heavy atom. The molecule has 0 atom stereocenters. The maximum Gasteiger partial charge on any atom is 0.233 e. The van der Waals surface area contributed by atoms with E-state index in [1.54, 1.807) is 19.3 Å². The zero-order valence-corrected chi connectivity index (χ0v) is 10.4. The molecule has 0 fully saturated rings. The number of nitrogens with zero attached hydrogens (tertiary/aromatic N) is 2. The average molecular weight is 236 g/mol. The monoisotopic (exact) mass is 236 g/mol. The molecule has 1 aromatic rings. The molecule has 0 aliphatic heterocycles. The Labute approximate surface area is 102 Å². The number of hydrogen-bond donors (Lipinski definition) is 2. The molecular weight excluding hydrogens is 216 g/mol. The molecule has 1 amide bonds. The summed E-state index contributed by atoms with van der Waals surface area (Å²) in [6.45, 7) is 3.99. The number of nitrogen functional groups attached to an aromatic ring is 1. The molecule has 1 aromatic heterocycles. The smallest absolute Gasteiger partial charge is 0.233 e. The topological polar surface area (TPSA) is 71.2 Å². The van der Waals surface area contributed by atoms with Crippen LogP contribution in [0.4, 0.5) is 5.69 Å². The zero-order valence-electron chi connectivity index (χ0n) is 10.4. The van der Waals surface area contributed by atoms with Gasteiger partial charge in [-0.3, -0.25) is 14.7 Å². The van der Waals surface area contributed by atoms with E-state index >= 15 is 0 Å². The van der Waals surface area contributed by atoms with Crippen LogP contribution >= 0.6 is 0 Å². The first-order valence-corrected chi connectivity index (χ1v) is 5.79. The van der Waals surface area contributed by atoms with Crippen molar-refractivity contribution in [3.05, 3.63) is 24.0 Å². The Kier molecular flexibility index (Phi) is 5.42. The molecule has 0 saturated heterocycles. The number of rotatable bonds is 6. The molecule has 1 rings (SSSR count). The second-order valence-corrected chi connectivity index (χ2v) is 3.96. The van der Waals surface area contributed by atoms with Crippen LogP contribution in [0.25, 0.3) is 0 Å². The predicted octanol–water partition coefficient (Wildman–Crippen LogP) is 0.622. The maximum atomic E-state index is 11.4. The molecule has 3 N–H and O–H groups in total. The minimum absolute atomic E-state index is 0.0161. The number of likely N-dealkylation sites (N-methyl/N-ethyl adjacent to an activating group) is 1. The molecule has 0 aliphatic rings. The van der Waals surface area contributed by atoms with E-state index in [2.05, 4.69) is 22.1 Å². The van der Waals surface area contributed by atoms with Gasteiger partial charge < -0.3 is 11.1 Å². The van der Waals surface area contributed by atoms with E-state index in [-0.39, 0.29) is 5.91 Å². The van der Waals surface area contributed by atoms with Crippen molar-refractivity contribution in [3.8, 4) is 0 Å². The van der Waals surface area contributed by atoms with Gasteiger partial charge in [0.25, 0.3) is 0 Å². The summed E-state index contributed by atoms with van der Waals surface area (Å²) in [5.74, 6) is 0.0161. The highest BCUT2D eigenvalue weighted by atomic mass is 16.1. The van der Waals surface area contributed by atoms with E-state index in [4.69, 9.17) is 5.73 Å². The van der Waals surface area contributed by atoms with Crippen molar-refractivity contribution in [2.75, 3.05) is 25.9 Å². The highest BCUT2D eigenvalue weighted by Gasteiger charge is 2.10. The third-order valence-corrected chi connectivity index (χ3v) is 2.41. The average Bonchev–Trinajstić information content (AvgIpc) is 2.29. The Morgan fingerprint density at radius 3 is 2.94 bits per heavy atom. The summed E-state index contributed by atoms with van der Waals surface area (Å²) in [5, 5.41) is 2.63. The van der Waals surface area contributed by atoms with Crippen LogP contribution in [0.2, 0.25) is 0 Å².